The molecule has 0 aromatic heterocycles. The molecule has 0 atom stereocenters. The van der Waals surface area contributed by atoms with Crippen molar-refractivity contribution in [1.82, 2.24) is 0 Å². The lowest BCUT2D eigenvalue weighted by atomic mass is 9.82. The minimum Gasteiger partial charge on any atom is -0.476 e. The Morgan fingerprint density at radius 1 is 0.818 bits per heavy atom. The fraction of sp³-hybridized carbons (Fsp3) is 0.320. The number of ether oxygens (including phenoxy) is 7. The molecule has 0 amide bonds. The highest BCUT2D eigenvalue weighted by atomic mass is 16.8. The SMILES string of the molecule is C=COCOCOCOc1ccc2c(c1)C(C)(C)c1cc(OC(=O)COCOC=C)ccc1-2. The molecule has 8 nitrogen and oxygen atoms in total. The lowest BCUT2D eigenvalue weighted by molar-refractivity contribution is -0.143. The molecule has 0 unspecified atom stereocenters. The second kappa shape index (κ2) is 11.5. The molecule has 3 rings (SSSR count). The van der Waals surface area contributed by atoms with E-state index in [2.05, 4.69) is 27.0 Å². The quantitative estimate of drug-likeness (QED) is 0.135. The van der Waals surface area contributed by atoms with Crippen LogP contribution >= 0.6 is 0 Å². The van der Waals surface area contributed by atoms with E-state index in [1.807, 2.05) is 30.3 Å². The van der Waals surface area contributed by atoms with Gasteiger partial charge in [0, 0.05) is 5.41 Å². The van der Waals surface area contributed by atoms with Crippen molar-refractivity contribution in [2.24, 2.45) is 0 Å². The third-order valence-electron chi connectivity index (χ3n) is 5.08. The van der Waals surface area contributed by atoms with Gasteiger partial charge in [-0.05, 0) is 46.5 Å². The first kappa shape index (κ1) is 24.3. The fourth-order valence-electron chi connectivity index (χ4n) is 3.56. The van der Waals surface area contributed by atoms with Gasteiger partial charge in [-0.3, -0.25) is 0 Å². The van der Waals surface area contributed by atoms with E-state index < -0.39 is 5.97 Å². The highest BCUT2D eigenvalue weighted by Crippen LogP contribution is 2.50. The molecule has 0 aliphatic heterocycles. The monoisotopic (exact) mass is 456 g/mol. The third kappa shape index (κ3) is 6.13. The molecular weight excluding hydrogens is 428 g/mol. The zero-order valence-corrected chi connectivity index (χ0v) is 18.8. The van der Waals surface area contributed by atoms with Crippen molar-refractivity contribution >= 4 is 5.97 Å². The number of esters is 1. The predicted molar refractivity (Wildman–Crippen MR) is 120 cm³/mol. The molecule has 8 heteroatoms. The Hall–Kier alpha value is -3.33. The first-order valence-corrected chi connectivity index (χ1v) is 10.3. The van der Waals surface area contributed by atoms with E-state index in [9.17, 15) is 4.79 Å². The summed E-state index contributed by atoms with van der Waals surface area (Å²) in [4.78, 5) is 12.0. The van der Waals surface area contributed by atoms with Crippen molar-refractivity contribution in [3.8, 4) is 22.6 Å². The van der Waals surface area contributed by atoms with Crippen molar-refractivity contribution in [2.75, 3.05) is 33.8 Å². The Morgan fingerprint density at radius 2 is 1.39 bits per heavy atom. The summed E-state index contributed by atoms with van der Waals surface area (Å²) in [5.41, 5.74) is 4.05. The van der Waals surface area contributed by atoms with Crippen molar-refractivity contribution < 1.29 is 38.0 Å². The molecule has 0 heterocycles. The Balaban J connectivity index is 1.62. The summed E-state index contributed by atoms with van der Waals surface area (Å²) in [7, 11) is 0. The molecular formula is C25H28O8. The molecule has 1 aliphatic carbocycles. The first-order chi connectivity index (χ1) is 16.0. The molecule has 2 aromatic rings. The average molecular weight is 456 g/mol. The summed E-state index contributed by atoms with van der Waals surface area (Å²) < 4.78 is 36.2. The third-order valence-corrected chi connectivity index (χ3v) is 5.08. The zero-order valence-electron chi connectivity index (χ0n) is 18.8. The van der Waals surface area contributed by atoms with Crippen molar-refractivity contribution in [2.45, 2.75) is 19.3 Å². The Morgan fingerprint density at radius 3 is 2.06 bits per heavy atom. The van der Waals surface area contributed by atoms with Gasteiger partial charge in [-0.25, -0.2) is 4.79 Å². The normalized spacial score (nSPS) is 12.9. The zero-order chi connectivity index (χ0) is 23.7. The lowest BCUT2D eigenvalue weighted by Gasteiger charge is -2.22. The van der Waals surface area contributed by atoms with Crippen LogP contribution in [0.15, 0.2) is 62.1 Å². The Bertz CT molecular complexity index is 982. The molecule has 0 fully saturated rings. The molecule has 0 saturated heterocycles. The number of fused-ring (bicyclic) bond motifs is 3. The van der Waals surface area contributed by atoms with Gasteiger partial charge in [-0.1, -0.05) is 39.1 Å². The van der Waals surface area contributed by atoms with Crippen LogP contribution in [0.25, 0.3) is 11.1 Å². The van der Waals surface area contributed by atoms with Gasteiger partial charge in [-0.15, -0.1) is 0 Å². The number of hydrogen-bond donors (Lipinski definition) is 0. The van der Waals surface area contributed by atoms with E-state index >= 15 is 0 Å². The van der Waals surface area contributed by atoms with Gasteiger partial charge in [0.15, 0.2) is 27.2 Å². The number of carbonyl (C=O) groups is 1. The highest BCUT2D eigenvalue weighted by molar-refractivity contribution is 5.82. The molecule has 0 bridgehead atoms. The number of hydrogen-bond acceptors (Lipinski definition) is 8. The molecule has 0 radical (unpaired) electrons. The van der Waals surface area contributed by atoms with E-state index in [1.165, 1.54) is 12.5 Å². The molecule has 2 aromatic carbocycles. The van der Waals surface area contributed by atoms with Crippen LogP contribution in [-0.2, 0) is 33.9 Å². The molecule has 1 aliphatic rings. The van der Waals surface area contributed by atoms with Crippen LogP contribution in [0.2, 0.25) is 0 Å². The molecule has 0 saturated carbocycles. The predicted octanol–water partition coefficient (Wildman–Crippen LogP) is 4.48. The second-order valence-electron chi connectivity index (χ2n) is 7.55. The molecule has 176 valence electrons. The minimum atomic E-state index is -0.508. The second-order valence-corrected chi connectivity index (χ2v) is 7.55. The van der Waals surface area contributed by atoms with Gasteiger partial charge in [0.1, 0.15) is 18.1 Å². The molecule has 33 heavy (non-hydrogen) atoms. The molecule has 0 spiro atoms. The van der Waals surface area contributed by atoms with Crippen molar-refractivity contribution in [1.29, 1.82) is 0 Å². The van der Waals surface area contributed by atoms with E-state index in [0.717, 1.165) is 22.3 Å². The standard InChI is InChI=1S/C25H28O8/c1-5-27-14-29-13-24(26)33-19-8-10-21-20-9-7-18(32-17-31-16-30-15-28-6-2)11-22(20)25(3,4)23(21)12-19/h5-12H,1-2,13-17H2,3-4H3. The van der Waals surface area contributed by atoms with Crippen molar-refractivity contribution in [3.05, 3.63) is 73.2 Å². The summed E-state index contributed by atoms with van der Waals surface area (Å²) in [5, 5.41) is 0. The summed E-state index contributed by atoms with van der Waals surface area (Å²) in [5.74, 6) is 0.632. The number of carbonyl (C=O) groups excluding carboxylic acids is 1. The summed E-state index contributed by atoms with van der Waals surface area (Å²) in [6, 6.07) is 11.5. The largest absolute Gasteiger partial charge is 0.476 e. The summed E-state index contributed by atoms with van der Waals surface area (Å²) in [6.45, 7) is 10.9. The maximum absolute atomic E-state index is 12.0. The highest BCUT2D eigenvalue weighted by Gasteiger charge is 2.36. The lowest BCUT2D eigenvalue weighted by Crippen LogP contribution is -2.18. The Labute approximate surface area is 193 Å². The number of benzene rings is 2. The Kier molecular flexibility index (Phi) is 8.48. The van der Waals surface area contributed by atoms with Crippen LogP contribution in [0.5, 0.6) is 11.5 Å². The first-order valence-electron chi connectivity index (χ1n) is 10.3. The van der Waals surface area contributed by atoms with E-state index in [1.54, 1.807) is 6.07 Å². The average Bonchev–Trinajstić information content (AvgIpc) is 3.02. The van der Waals surface area contributed by atoms with Crippen LogP contribution in [0.3, 0.4) is 0 Å². The smallest absolute Gasteiger partial charge is 0.337 e. The van der Waals surface area contributed by atoms with Crippen LogP contribution < -0.4 is 9.47 Å². The minimum absolute atomic E-state index is 0.0419. The summed E-state index contributed by atoms with van der Waals surface area (Å²) in [6.07, 6.45) is 2.54. The van der Waals surface area contributed by atoms with Crippen molar-refractivity contribution in [3.63, 3.8) is 0 Å². The van der Waals surface area contributed by atoms with Gasteiger partial charge in [0.25, 0.3) is 0 Å². The fourth-order valence-corrected chi connectivity index (χ4v) is 3.56. The van der Waals surface area contributed by atoms with Gasteiger partial charge in [-0.2, -0.15) is 0 Å². The van der Waals surface area contributed by atoms with Crippen LogP contribution in [0.1, 0.15) is 25.0 Å². The maximum atomic E-state index is 12.0. The summed E-state index contributed by atoms with van der Waals surface area (Å²) >= 11 is 0. The molecule has 0 N–H and O–H groups in total. The van der Waals surface area contributed by atoms with E-state index in [0.29, 0.717) is 11.5 Å². The van der Waals surface area contributed by atoms with Crippen LogP contribution in [0, 0.1) is 0 Å². The van der Waals surface area contributed by atoms with Gasteiger partial charge in [0.2, 0.25) is 0 Å². The van der Waals surface area contributed by atoms with Gasteiger partial charge in [0.05, 0.1) is 12.5 Å². The van der Waals surface area contributed by atoms with E-state index in [-0.39, 0.29) is 39.2 Å². The topological polar surface area (TPSA) is 81.7 Å². The maximum Gasteiger partial charge on any atom is 0.337 e. The van der Waals surface area contributed by atoms with Crippen LogP contribution in [0.4, 0.5) is 0 Å². The van der Waals surface area contributed by atoms with E-state index in [4.69, 9.17) is 33.2 Å². The van der Waals surface area contributed by atoms with Crippen LogP contribution in [-0.4, -0.2) is 39.7 Å². The van der Waals surface area contributed by atoms with Gasteiger partial charge < -0.3 is 33.2 Å². The number of rotatable bonds is 14. The van der Waals surface area contributed by atoms with Gasteiger partial charge >= 0.3 is 5.97 Å².